The first kappa shape index (κ1) is 20.2. The third-order valence-electron chi connectivity index (χ3n) is 4.13. The van der Waals surface area contributed by atoms with E-state index in [0.29, 0.717) is 34.1 Å². The number of benzene rings is 2. The van der Waals surface area contributed by atoms with Gasteiger partial charge < -0.3 is 14.2 Å². The predicted octanol–water partition coefficient (Wildman–Crippen LogP) is 3.80. The molecule has 1 heterocycles. The highest BCUT2D eigenvalue weighted by Gasteiger charge is 2.15. The highest BCUT2D eigenvalue weighted by molar-refractivity contribution is 7.99. The number of hydrogen-bond donors (Lipinski definition) is 0. The number of ether oxygens (including phenoxy) is 1. The van der Waals surface area contributed by atoms with Crippen molar-refractivity contribution in [3.05, 3.63) is 71.0 Å². The van der Waals surface area contributed by atoms with E-state index < -0.39 is 0 Å². The quantitative estimate of drug-likeness (QED) is 0.523. The number of carbonyl (C=O) groups excluding carboxylic acids is 1. The first-order valence-corrected chi connectivity index (χ1v) is 10.1. The maximum Gasteiger partial charge on any atom is 0.233 e. The molecule has 2 aromatic carbocycles. The number of halogens is 1. The van der Waals surface area contributed by atoms with Crippen molar-refractivity contribution in [1.29, 1.82) is 0 Å². The summed E-state index contributed by atoms with van der Waals surface area (Å²) in [6, 6.07) is 17.2. The number of rotatable bonds is 8. The fourth-order valence-electron chi connectivity index (χ4n) is 2.48. The minimum atomic E-state index is 0.0331. The Kier molecular flexibility index (Phi) is 6.95. The van der Waals surface area contributed by atoms with Crippen molar-refractivity contribution in [2.45, 2.75) is 18.3 Å². The van der Waals surface area contributed by atoms with Gasteiger partial charge in [-0.2, -0.15) is 0 Å². The van der Waals surface area contributed by atoms with Crippen LogP contribution in [0.25, 0.3) is 0 Å². The Balaban J connectivity index is 1.52. The minimum Gasteiger partial charge on any atom is -0.484 e. The molecule has 1 aromatic heterocycles. The van der Waals surface area contributed by atoms with Crippen LogP contribution in [0.4, 0.5) is 0 Å². The standard InChI is InChI=1S/C20H21ClN4O2S/c1-24(12-15-8-4-3-5-9-15)19(26)14-28-20-23-22-18(25(20)2)13-27-17-11-7-6-10-16(17)21/h3-11H,12-14H2,1-2H3. The lowest BCUT2D eigenvalue weighted by atomic mass is 10.2. The number of para-hydroxylation sites is 1. The molecule has 28 heavy (non-hydrogen) atoms. The number of carbonyl (C=O) groups is 1. The van der Waals surface area contributed by atoms with Crippen LogP contribution in [-0.4, -0.2) is 38.4 Å². The largest absolute Gasteiger partial charge is 0.484 e. The van der Waals surface area contributed by atoms with E-state index in [-0.39, 0.29) is 12.5 Å². The van der Waals surface area contributed by atoms with Gasteiger partial charge in [0, 0.05) is 20.6 Å². The Morgan fingerprint density at radius 1 is 1.14 bits per heavy atom. The fourth-order valence-corrected chi connectivity index (χ4v) is 3.54. The summed E-state index contributed by atoms with van der Waals surface area (Å²) in [5, 5.41) is 9.52. The topological polar surface area (TPSA) is 60.3 Å². The second-order valence-electron chi connectivity index (χ2n) is 6.20. The highest BCUT2D eigenvalue weighted by Crippen LogP contribution is 2.24. The van der Waals surface area contributed by atoms with Gasteiger partial charge in [0.05, 0.1) is 10.8 Å². The Morgan fingerprint density at radius 2 is 1.86 bits per heavy atom. The van der Waals surface area contributed by atoms with Gasteiger partial charge in [-0.1, -0.05) is 65.8 Å². The predicted molar refractivity (Wildman–Crippen MR) is 110 cm³/mol. The van der Waals surface area contributed by atoms with Crippen LogP contribution in [0.1, 0.15) is 11.4 Å². The average molecular weight is 417 g/mol. The van der Waals surface area contributed by atoms with Crippen LogP contribution in [0, 0.1) is 0 Å². The van der Waals surface area contributed by atoms with Gasteiger partial charge in [-0.25, -0.2) is 0 Å². The first-order chi connectivity index (χ1) is 13.5. The molecule has 0 spiro atoms. The fraction of sp³-hybridized carbons (Fsp3) is 0.250. The molecule has 6 nitrogen and oxygen atoms in total. The lowest BCUT2D eigenvalue weighted by molar-refractivity contribution is -0.127. The molecule has 0 bridgehead atoms. The molecule has 0 saturated heterocycles. The van der Waals surface area contributed by atoms with E-state index in [4.69, 9.17) is 16.3 Å². The molecule has 3 aromatic rings. The third-order valence-corrected chi connectivity index (χ3v) is 5.45. The van der Waals surface area contributed by atoms with Crippen molar-refractivity contribution in [2.24, 2.45) is 7.05 Å². The molecule has 1 amide bonds. The van der Waals surface area contributed by atoms with Gasteiger partial charge in [0.25, 0.3) is 0 Å². The number of nitrogens with zero attached hydrogens (tertiary/aromatic N) is 4. The van der Waals surface area contributed by atoms with Crippen molar-refractivity contribution in [1.82, 2.24) is 19.7 Å². The molecule has 0 saturated carbocycles. The monoisotopic (exact) mass is 416 g/mol. The zero-order valence-corrected chi connectivity index (χ0v) is 17.3. The molecule has 0 aliphatic rings. The van der Waals surface area contributed by atoms with Crippen molar-refractivity contribution >= 4 is 29.3 Å². The average Bonchev–Trinajstić information content (AvgIpc) is 3.06. The second-order valence-corrected chi connectivity index (χ2v) is 7.55. The third kappa shape index (κ3) is 5.27. The van der Waals surface area contributed by atoms with Gasteiger partial charge in [0.2, 0.25) is 5.91 Å². The normalized spacial score (nSPS) is 10.7. The maximum absolute atomic E-state index is 12.4. The number of hydrogen-bond acceptors (Lipinski definition) is 5. The molecule has 3 rings (SSSR count). The number of thioether (sulfide) groups is 1. The van der Waals surface area contributed by atoms with Crippen LogP contribution >= 0.6 is 23.4 Å². The van der Waals surface area contributed by atoms with E-state index >= 15 is 0 Å². The Bertz CT molecular complexity index is 933. The molecular formula is C20H21ClN4O2S. The summed E-state index contributed by atoms with van der Waals surface area (Å²) in [7, 11) is 3.65. The molecular weight excluding hydrogens is 396 g/mol. The van der Waals surface area contributed by atoms with E-state index in [2.05, 4.69) is 10.2 Å². The molecule has 0 aliphatic carbocycles. The van der Waals surface area contributed by atoms with Crippen LogP contribution in [-0.2, 0) is 25.0 Å². The molecule has 0 fully saturated rings. The van der Waals surface area contributed by atoms with Gasteiger partial charge >= 0.3 is 0 Å². The molecule has 0 aliphatic heterocycles. The molecule has 0 atom stereocenters. The van der Waals surface area contributed by atoms with E-state index in [9.17, 15) is 4.79 Å². The molecule has 0 N–H and O–H groups in total. The smallest absolute Gasteiger partial charge is 0.233 e. The second kappa shape index (κ2) is 9.61. The number of amides is 1. The van der Waals surface area contributed by atoms with E-state index in [1.54, 1.807) is 24.1 Å². The Morgan fingerprint density at radius 3 is 2.61 bits per heavy atom. The molecule has 8 heteroatoms. The van der Waals surface area contributed by atoms with Crippen molar-refractivity contribution < 1.29 is 9.53 Å². The van der Waals surface area contributed by atoms with Crippen molar-refractivity contribution in [2.75, 3.05) is 12.8 Å². The van der Waals surface area contributed by atoms with Crippen LogP contribution in [0.5, 0.6) is 5.75 Å². The summed E-state index contributed by atoms with van der Waals surface area (Å²) >= 11 is 7.45. The summed E-state index contributed by atoms with van der Waals surface area (Å²) in [5.74, 6) is 1.58. The van der Waals surface area contributed by atoms with Crippen molar-refractivity contribution in [3.8, 4) is 5.75 Å². The molecule has 146 valence electrons. The lowest BCUT2D eigenvalue weighted by Gasteiger charge is -2.16. The van der Waals surface area contributed by atoms with Gasteiger partial charge in [-0.3, -0.25) is 4.79 Å². The zero-order chi connectivity index (χ0) is 19.9. The van der Waals surface area contributed by atoms with E-state index in [0.717, 1.165) is 5.56 Å². The summed E-state index contributed by atoms with van der Waals surface area (Å²) in [6.45, 7) is 0.825. The highest BCUT2D eigenvalue weighted by atomic mass is 35.5. The van der Waals surface area contributed by atoms with Gasteiger partial charge in [-0.15, -0.1) is 10.2 Å². The van der Waals surface area contributed by atoms with Crippen LogP contribution < -0.4 is 4.74 Å². The number of aromatic nitrogens is 3. The van der Waals surface area contributed by atoms with E-state index in [1.807, 2.05) is 54.1 Å². The van der Waals surface area contributed by atoms with Crippen LogP contribution in [0.15, 0.2) is 59.8 Å². The first-order valence-electron chi connectivity index (χ1n) is 8.71. The van der Waals surface area contributed by atoms with E-state index in [1.165, 1.54) is 11.8 Å². The van der Waals surface area contributed by atoms with Gasteiger partial charge in [-0.05, 0) is 17.7 Å². The summed E-state index contributed by atoms with van der Waals surface area (Å²) < 4.78 is 7.53. The van der Waals surface area contributed by atoms with Crippen LogP contribution in [0.3, 0.4) is 0 Å². The molecule has 0 radical (unpaired) electrons. The zero-order valence-electron chi connectivity index (χ0n) is 15.7. The maximum atomic E-state index is 12.4. The summed E-state index contributed by atoms with van der Waals surface area (Å²) in [4.78, 5) is 14.1. The van der Waals surface area contributed by atoms with Gasteiger partial charge in [0.15, 0.2) is 11.0 Å². The van der Waals surface area contributed by atoms with Gasteiger partial charge in [0.1, 0.15) is 12.4 Å². The van der Waals surface area contributed by atoms with Crippen LogP contribution in [0.2, 0.25) is 5.02 Å². The lowest BCUT2D eigenvalue weighted by Crippen LogP contribution is -2.27. The van der Waals surface area contributed by atoms with Crippen molar-refractivity contribution in [3.63, 3.8) is 0 Å². The Hall–Kier alpha value is -2.51. The molecule has 0 unspecified atom stereocenters. The summed E-state index contributed by atoms with van der Waals surface area (Å²) in [5.41, 5.74) is 1.10. The SMILES string of the molecule is CN(Cc1ccccc1)C(=O)CSc1nnc(COc2ccccc2Cl)n1C. The summed E-state index contributed by atoms with van der Waals surface area (Å²) in [6.07, 6.45) is 0. The Labute approximate surface area is 173 Å². The minimum absolute atomic E-state index is 0.0331.